The van der Waals surface area contributed by atoms with Gasteiger partial charge in [-0.2, -0.15) is 0 Å². The maximum Gasteiger partial charge on any atom is 0.261 e. The number of pyridine rings is 1. The highest BCUT2D eigenvalue weighted by molar-refractivity contribution is 5.95. The number of carbonyl (C=O) groups excluding carboxylic acids is 2. The first-order valence-corrected chi connectivity index (χ1v) is 12.2. The van der Waals surface area contributed by atoms with Gasteiger partial charge < -0.3 is 14.8 Å². The first kappa shape index (κ1) is 21.8. The van der Waals surface area contributed by atoms with E-state index in [1.165, 1.54) is 0 Å². The molecule has 5 rings (SSSR count). The van der Waals surface area contributed by atoms with Crippen molar-refractivity contribution in [3.05, 3.63) is 56.5 Å². The number of likely N-dealkylation sites (tertiary alicyclic amines) is 2. The highest BCUT2D eigenvalue weighted by Gasteiger charge is 2.30. The Hall–Kier alpha value is -3.03. The fourth-order valence-electron chi connectivity index (χ4n) is 5.36. The van der Waals surface area contributed by atoms with Gasteiger partial charge in [-0.1, -0.05) is 0 Å². The van der Waals surface area contributed by atoms with Crippen molar-refractivity contribution >= 4 is 11.8 Å². The van der Waals surface area contributed by atoms with Gasteiger partial charge in [0.15, 0.2) is 0 Å². The smallest absolute Gasteiger partial charge is 0.261 e. The van der Waals surface area contributed by atoms with Gasteiger partial charge >= 0.3 is 0 Å². The van der Waals surface area contributed by atoms with Crippen LogP contribution in [0, 0.1) is 6.92 Å². The third-order valence-electron chi connectivity index (χ3n) is 7.26. The summed E-state index contributed by atoms with van der Waals surface area (Å²) >= 11 is 0. The second-order valence-electron chi connectivity index (χ2n) is 9.54. The molecule has 1 unspecified atom stereocenters. The molecule has 1 atom stereocenters. The number of amides is 2. The molecule has 8 nitrogen and oxygen atoms in total. The highest BCUT2D eigenvalue weighted by Crippen LogP contribution is 2.27. The maximum atomic E-state index is 13.3. The van der Waals surface area contributed by atoms with E-state index >= 15 is 0 Å². The molecule has 33 heavy (non-hydrogen) atoms. The van der Waals surface area contributed by atoms with Crippen molar-refractivity contribution in [2.75, 3.05) is 26.2 Å². The Morgan fingerprint density at radius 3 is 2.48 bits per heavy atom. The molecule has 4 heterocycles. The van der Waals surface area contributed by atoms with Crippen molar-refractivity contribution in [3.63, 3.8) is 0 Å². The molecule has 2 fully saturated rings. The zero-order valence-electron chi connectivity index (χ0n) is 19.2. The Morgan fingerprint density at radius 1 is 0.970 bits per heavy atom. The standard InChI is InChI=1S/C25H31N5O3/c1-16-20(25(33)29-10-4-5-11-29)14-26-22(27-16)18-8-6-12-30(15-18)24(32)19-13-17-7-2-3-9-21(17)28-23(19)31/h13-14,18H,2-12,15H2,1H3,(H,28,31). The van der Waals surface area contributed by atoms with E-state index in [2.05, 4.69) is 15.0 Å². The van der Waals surface area contributed by atoms with Crippen molar-refractivity contribution < 1.29 is 9.59 Å². The van der Waals surface area contributed by atoms with E-state index in [1.807, 2.05) is 11.8 Å². The van der Waals surface area contributed by atoms with Gasteiger partial charge in [-0.3, -0.25) is 14.4 Å². The molecule has 2 amide bonds. The summed E-state index contributed by atoms with van der Waals surface area (Å²) < 4.78 is 0. The normalized spacial score (nSPS) is 20.6. The number of rotatable bonds is 3. The zero-order valence-corrected chi connectivity index (χ0v) is 19.2. The monoisotopic (exact) mass is 449 g/mol. The Kier molecular flexibility index (Phi) is 6.00. The Balaban J connectivity index is 1.33. The van der Waals surface area contributed by atoms with Gasteiger partial charge in [0.05, 0.1) is 11.3 Å². The molecule has 2 aliphatic heterocycles. The number of hydrogen-bond donors (Lipinski definition) is 1. The van der Waals surface area contributed by atoms with E-state index < -0.39 is 0 Å². The summed E-state index contributed by atoms with van der Waals surface area (Å²) in [5, 5.41) is 0. The molecule has 1 N–H and O–H groups in total. The lowest BCUT2D eigenvalue weighted by molar-refractivity contribution is 0.0702. The van der Waals surface area contributed by atoms with Crippen LogP contribution in [0.5, 0.6) is 0 Å². The lowest BCUT2D eigenvalue weighted by Crippen LogP contribution is -2.42. The second-order valence-corrected chi connectivity index (χ2v) is 9.54. The van der Waals surface area contributed by atoms with Gasteiger partial charge in [0.2, 0.25) is 0 Å². The molecule has 1 aliphatic carbocycles. The van der Waals surface area contributed by atoms with E-state index in [0.29, 0.717) is 30.2 Å². The molecule has 8 heteroatoms. The number of aryl methyl sites for hydroxylation is 3. The predicted octanol–water partition coefficient (Wildman–Crippen LogP) is 2.61. The first-order valence-electron chi connectivity index (χ1n) is 12.2. The second kappa shape index (κ2) is 9.08. The van der Waals surface area contributed by atoms with Crippen LogP contribution in [0.4, 0.5) is 0 Å². The number of carbonyl (C=O) groups is 2. The van der Waals surface area contributed by atoms with Crippen LogP contribution in [0.25, 0.3) is 0 Å². The Morgan fingerprint density at radius 2 is 1.70 bits per heavy atom. The van der Waals surface area contributed by atoms with E-state index in [9.17, 15) is 14.4 Å². The molecule has 0 aromatic carbocycles. The van der Waals surface area contributed by atoms with Gasteiger partial charge in [-0.15, -0.1) is 0 Å². The first-order chi connectivity index (χ1) is 16.0. The Labute approximate surface area is 193 Å². The van der Waals surface area contributed by atoms with E-state index in [-0.39, 0.29) is 28.9 Å². The van der Waals surface area contributed by atoms with Crippen LogP contribution in [0.1, 0.15) is 87.9 Å². The number of nitrogens with zero attached hydrogens (tertiary/aromatic N) is 4. The fourth-order valence-corrected chi connectivity index (χ4v) is 5.36. The average molecular weight is 450 g/mol. The molecular weight excluding hydrogens is 418 g/mol. The molecule has 0 saturated carbocycles. The number of nitrogens with one attached hydrogen (secondary N) is 1. The number of H-pyrrole nitrogens is 1. The van der Waals surface area contributed by atoms with Crippen LogP contribution in [-0.2, 0) is 12.8 Å². The third kappa shape index (κ3) is 4.30. The molecule has 0 spiro atoms. The number of piperidine rings is 1. The quantitative estimate of drug-likeness (QED) is 0.777. The average Bonchev–Trinajstić information content (AvgIpc) is 3.38. The van der Waals surface area contributed by atoms with Crippen molar-refractivity contribution in [1.82, 2.24) is 24.8 Å². The van der Waals surface area contributed by atoms with Crippen molar-refractivity contribution in [1.29, 1.82) is 0 Å². The third-order valence-corrected chi connectivity index (χ3v) is 7.26. The summed E-state index contributed by atoms with van der Waals surface area (Å²) in [5.74, 6) is 0.451. The SMILES string of the molecule is Cc1nc(C2CCCN(C(=O)c3cc4c([nH]c3=O)CCCC4)C2)ncc1C(=O)N1CCCC1. The topological polar surface area (TPSA) is 99.3 Å². The van der Waals surface area contributed by atoms with Crippen LogP contribution in [0.15, 0.2) is 17.1 Å². The largest absolute Gasteiger partial charge is 0.339 e. The zero-order chi connectivity index (χ0) is 22.9. The minimum Gasteiger partial charge on any atom is -0.339 e. The van der Waals surface area contributed by atoms with Crippen LogP contribution >= 0.6 is 0 Å². The molecule has 0 bridgehead atoms. The van der Waals surface area contributed by atoms with Crippen molar-refractivity contribution in [2.45, 2.75) is 64.2 Å². The molecule has 2 saturated heterocycles. The van der Waals surface area contributed by atoms with Gasteiger partial charge in [0.25, 0.3) is 17.4 Å². The molecule has 2 aromatic rings. The van der Waals surface area contributed by atoms with E-state index in [1.54, 1.807) is 17.2 Å². The summed E-state index contributed by atoms with van der Waals surface area (Å²) in [6, 6.07) is 1.80. The lowest BCUT2D eigenvalue weighted by Gasteiger charge is -2.32. The van der Waals surface area contributed by atoms with E-state index in [4.69, 9.17) is 0 Å². The van der Waals surface area contributed by atoms with E-state index in [0.717, 1.165) is 75.7 Å². The molecular formula is C25H31N5O3. The van der Waals surface area contributed by atoms with Gasteiger partial charge in [0, 0.05) is 44.0 Å². The summed E-state index contributed by atoms with van der Waals surface area (Å²) in [6.45, 7) is 4.54. The minimum atomic E-state index is -0.292. The highest BCUT2D eigenvalue weighted by atomic mass is 16.2. The lowest BCUT2D eigenvalue weighted by atomic mass is 9.94. The van der Waals surface area contributed by atoms with Gasteiger partial charge in [-0.05, 0) is 69.9 Å². The minimum absolute atomic E-state index is 0.00336. The molecule has 3 aliphatic rings. The van der Waals surface area contributed by atoms with Crippen molar-refractivity contribution in [2.24, 2.45) is 0 Å². The number of hydrogen-bond acceptors (Lipinski definition) is 5. The Bertz CT molecular complexity index is 1140. The van der Waals surface area contributed by atoms with Gasteiger partial charge in [0.1, 0.15) is 11.4 Å². The van der Waals surface area contributed by atoms with Gasteiger partial charge in [-0.25, -0.2) is 9.97 Å². The fraction of sp³-hybridized carbons (Fsp3) is 0.560. The predicted molar refractivity (Wildman–Crippen MR) is 123 cm³/mol. The molecule has 0 radical (unpaired) electrons. The van der Waals surface area contributed by atoms with Crippen LogP contribution in [0.3, 0.4) is 0 Å². The van der Waals surface area contributed by atoms with Crippen LogP contribution in [-0.4, -0.2) is 62.7 Å². The number of aromatic nitrogens is 3. The number of aromatic amines is 1. The maximum absolute atomic E-state index is 13.3. The number of fused-ring (bicyclic) bond motifs is 1. The summed E-state index contributed by atoms with van der Waals surface area (Å²) in [4.78, 5) is 54.4. The summed E-state index contributed by atoms with van der Waals surface area (Å²) in [5.41, 5.74) is 3.26. The molecule has 2 aromatic heterocycles. The van der Waals surface area contributed by atoms with Crippen molar-refractivity contribution in [3.8, 4) is 0 Å². The summed E-state index contributed by atoms with van der Waals surface area (Å²) in [6.07, 6.45) is 9.39. The van der Waals surface area contributed by atoms with Crippen LogP contribution < -0.4 is 5.56 Å². The van der Waals surface area contributed by atoms with Crippen LogP contribution in [0.2, 0.25) is 0 Å². The summed E-state index contributed by atoms with van der Waals surface area (Å²) in [7, 11) is 0. The molecule has 174 valence electrons.